The van der Waals surface area contributed by atoms with Crippen molar-refractivity contribution in [2.75, 3.05) is 0 Å². The predicted octanol–water partition coefficient (Wildman–Crippen LogP) is 3.42. The summed E-state index contributed by atoms with van der Waals surface area (Å²) < 4.78 is 28.8. The summed E-state index contributed by atoms with van der Waals surface area (Å²) >= 11 is 0. The average Bonchev–Trinajstić information content (AvgIpc) is 3.08. The van der Waals surface area contributed by atoms with E-state index >= 15 is 0 Å². The van der Waals surface area contributed by atoms with Crippen LogP contribution in [-0.2, 0) is 16.6 Å². The van der Waals surface area contributed by atoms with E-state index in [4.69, 9.17) is 0 Å². The van der Waals surface area contributed by atoms with E-state index in [2.05, 4.69) is 9.71 Å². The van der Waals surface area contributed by atoms with Crippen molar-refractivity contribution in [2.45, 2.75) is 18.4 Å². The minimum atomic E-state index is -4.03. The van der Waals surface area contributed by atoms with Crippen LogP contribution < -0.4 is 4.72 Å². The van der Waals surface area contributed by atoms with Crippen molar-refractivity contribution in [1.29, 1.82) is 0 Å². The first-order valence-corrected chi connectivity index (χ1v) is 11.1. The van der Waals surface area contributed by atoms with Crippen LogP contribution in [0.2, 0.25) is 0 Å². The molecule has 4 rings (SSSR count). The summed E-state index contributed by atoms with van der Waals surface area (Å²) in [5, 5.41) is 11.4. The van der Waals surface area contributed by atoms with Crippen LogP contribution in [0.5, 0.6) is 0 Å². The number of benzene rings is 3. The highest BCUT2D eigenvalue weighted by Crippen LogP contribution is 2.24. The third-order valence-electron chi connectivity index (χ3n) is 5.00. The molecule has 0 bridgehead atoms. The molecule has 1 amide bonds. The molecule has 0 aliphatic heterocycles. The Labute approximate surface area is 183 Å². The lowest BCUT2D eigenvalue weighted by Gasteiger charge is -2.09. The normalized spacial score (nSPS) is 11.4. The number of fused-ring (bicyclic) bond motifs is 1. The maximum atomic E-state index is 12.7. The molecule has 0 fully saturated rings. The number of nitro groups is 1. The van der Waals surface area contributed by atoms with Gasteiger partial charge in [0.15, 0.2) is 0 Å². The van der Waals surface area contributed by atoms with Gasteiger partial charge in [-0.15, -0.1) is 0 Å². The third kappa shape index (κ3) is 4.08. The van der Waals surface area contributed by atoms with Gasteiger partial charge >= 0.3 is 0 Å². The number of amides is 1. The van der Waals surface area contributed by atoms with Gasteiger partial charge in [-0.1, -0.05) is 36.4 Å². The van der Waals surface area contributed by atoms with E-state index in [1.165, 1.54) is 30.3 Å². The van der Waals surface area contributed by atoms with E-state index in [-0.39, 0.29) is 22.7 Å². The molecule has 0 saturated carbocycles. The minimum Gasteiger partial charge on any atom is -0.323 e. The van der Waals surface area contributed by atoms with Gasteiger partial charge in [-0.2, -0.15) is 0 Å². The summed E-state index contributed by atoms with van der Waals surface area (Å²) in [6, 6.07) is 18.6. The molecule has 0 spiro atoms. The summed E-state index contributed by atoms with van der Waals surface area (Å²) in [4.78, 5) is 28.0. The fourth-order valence-corrected chi connectivity index (χ4v) is 4.41. The Morgan fingerprint density at radius 2 is 1.75 bits per heavy atom. The SMILES string of the molecule is Cc1nc2ccc(C(=O)NS(=O)(=O)c3ccccc3)cc2n1Cc1ccccc1[N+](=O)[O-]. The summed E-state index contributed by atoms with van der Waals surface area (Å²) in [6.07, 6.45) is 0. The first-order chi connectivity index (χ1) is 15.3. The third-order valence-corrected chi connectivity index (χ3v) is 6.35. The first kappa shape index (κ1) is 21.2. The van der Waals surface area contributed by atoms with Gasteiger partial charge in [0, 0.05) is 17.2 Å². The molecule has 4 aromatic rings. The van der Waals surface area contributed by atoms with Gasteiger partial charge in [-0.05, 0) is 37.3 Å². The molecule has 0 radical (unpaired) electrons. The van der Waals surface area contributed by atoms with Crippen LogP contribution in [-0.4, -0.2) is 28.8 Å². The molecule has 162 valence electrons. The molecule has 10 heteroatoms. The van der Waals surface area contributed by atoms with Gasteiger partial charge in [-0.3, -0.25) is 14.9 Å². The Bertz CT molecular complexity index is 1450. The van der Waals surface area contributed by atoms with Crippen molar-refractivity contribution in [3.8, 4) is 0 Å². The smallest absolute Gasteiger partial charge is 0.274 e. The monoisotopic (exact) mass is 450 g/mol. The summed E-state index contributed by atoms with van der Waals surface area (Å²) in [5.74, 6) is -0.181. The number of aromatic nitrogens is 2. The fraction of sp³-hybridized carbons (Fsp3) is 0.0909. The number of nitro benzene ring substituents is 1. The zero-order chi connectivity index (χ0) is 22.9. The highest BCUT2D eigenvalue weighted by atomic mass is 32.2. The van der Waals surface area contributed by atoms with Crippen LogP contribution in [0.4, 0.5) is 5.69 Å². The van der Waals surface area contributed by atoms with Gasteiger partial charge in [0.2, 0.25) is 0 Å². The summed E-state index contributed by atoms with van der Waals surface area (Å²) in [5.41, 5.74) is 1.74. The number of nitrogens with one attached hydrogen (secondary N) is 1. The van der Waals surface area contributed by atoms with Gasteiger partial charge in [-0.25, -0.2) is 18.1 Å². The molecular formula is C22H18N4O5S. The van der Waals surface area contributed by atoms with Crippen molar-refractivity contribution in [3.63, 3.8) is 0 Å². The van der Waals surface area contributed by atoms with Crippen LogP contribution in [0.25, 0.3) is 11.0 Å². The second kappa shape index (κ2) is 8.23. The number of hydrogen-bond donors (Lipinski definition) is 1. The van der Waals surface area contributed by atoms with Gasteiger partial charge in [0.25, 0.3) is 21.6 Å². The molecule has 32 heavy (non-hydrogen) atoms. The molecule has 9 nitrogen and oxygen atoms in total. The van der Waals surface area contributed by atoms with Crippen molar-refractivity contribution >= 4 is 32.7 Å². The molecule has 1 heterocycles. The molecule has 1 N–H and O–H groups in total. The van der Waals surface area contributed by atoms with Crippen LogP contribution >= 0.6 is 0 Å². The summed E-state index contributed by atoms with van der Waals surface area (Å²) in [7, 11) is -4.03. The Kier molecular flexibility index (Phi) is 5.45. The van der Waals surface area contributed by atoms with Crippen LogP contribution in [0, 0.1) is 17.0 Å². The van der Waals surface area contributed by atoms with E-state index in [9.17, 15) is 23.3 Å². The van der Waals surface area contributed by atoms with E-state index in [0.717, 1.165) is 0 Å². The molecule has 0 unspecified atom stereocenters. The lowest BCUT2D eigenvalue weighted by atomic mass is 10.1. The fourth-order valence-electron chi connectivity index (χ4n) is 3.42. The van der Waals surface area contributed by atoms with Crippen molar-refractivity contribution in [3.05, 3.63) is 99.9 Å². The van der Waals surface area contributed by atoms with E-state index in [1.807, 2.05) is 0 Å². The molecule has 0 aliphatic carbocycles. The van der Waals surface area contributed by atoms with Crippen LogP contribution in [0.3, 0.4) is 0 Å². The van der Waals surface area contributed by atoms with Crippen molar-refractivity contribution < 1.29 is 18.1 Å². The van der Waals surface area contributed by atoms with E-state index in [0.29, 0.717) is 22.4 Å². The number of carbonyl (C=O) groups is 1. The minimum absolute atomic E-state index is 0.0170. The zero-order valence-corrected chi connectivity index (χ0v) is 17.7. The largest absolute Gasteiger partial charge is 0.323 e. The molecular weight excluding hydrogens is 432 g/mol. The Morgan fingerprint density at radius 1 is 1.06 bits per heavy atom. The van der Waals surface area contributed by atoms with Crippen molar-refractivity contribution in [1.82, 2.24) is 14.3 Å². The Hall–Kier alpha value is -4.05. The summed E-state index contributed by atoms with van der Waals surface area (Å²) in [6.45, 7) is 1.93. The standard InChI is InChI=1S/C22H18N4O5S/c1-15-23-19-12-11-16(22(27)24-32(30,31)18-8-3-2-4-9-18)13-21(19)25(15)14-17-7-5-6-10-20(17)26(28)29/h2-13H,14H2,1H3,(H,24,27). The number of carbonyl (C=O) groups excluding carboxylic acids is 1. The van der Waals surface area contributed by atoms with E-state index in [1.54, 1.807) is 54.0 Å². The number of imidazole rings is 1. The van der Waals surface area contributed by atoms with Gasteiger partial charge in [0.1, 0.15) is 5.82 Å². The van der Waals surface area contributed by atoms with Gasteiger partial charge in [0.05, 0.1) is 27.4 Å². The van der Waals surface area contributed by atoms with E-state index < -0.39 is 20.9 Å². The van der Waals surface area contributed by atoms with Crippen LogP contribution in [0.1, 0.15) is 21.7 Å². The topological polar surface area (TPSA) is 124 Å². The van der Waals surface area contributed by atoms with Crippen LogP contribution in [0.15, 0.2) is 77.7 Å². The lowest BCUT2D eigenvalue weighted by Crippen LogP contribution is -2.30. The number of rotatable bonds is 6. The quantitative estimate of drug-likeness (QED) is 0.355. The maximum absolute atomic E-state index is 12.7. The number of aryl methyl sites for hydroxylation is 1. The highest BCUT2D eigenvalue weighted by Gasteiger charge is 2.20. The Balaban J connectivity index is 1.69. The maximum Gasteiger partial charge on any atom is 0.274 e. The lowest BCUT2D eigenvalue weighted by molar-refractivity contribution is -0.385. The number of nitrogens with zero attached hydrogens (tertiary/aromatic N) is 3. The first-order valence-electron chi connectivity index (χ1n) is 9.57. The molecule has 0 aliphatic rings. The second-order valence-corrected chi connectivity index (χ2v) is 8.76. The second-order valence-electron chi connectivity index (χ2n) is 7.08. The predicted molar refractivity (Wildman–Crippen MR) is 118 cm³/mol. The zero-order valence-electron chi connectivity index (χ0n) is 16.9. The number of para-hydroxylation sites is 1. The molecule has 1 aromatic heterocycles. The number of hydrogen-bond acceptors (Lipinski definition) is 6. The van der Waals surface area contributed by atoms with Gasteiger partial charge < -0.3 is 4.57 Å². The molecule has 0 atom stereocenters. The molecule has 0 saturated heterocycles. The number of sulfonamides is 1. The molecule has 3 aromatic carbocycles. The van der Waals surface area contributed by atoms with Crippen molar-refractivity contribution in [2.24, 2.45) is 0 Å². The highest BCUT2D eigenvalue weighted by molar-refractivity contribution is 7.90. The average molecular weight is 450 g/mol. The Morgan fingerprint density at radius 3 is 2.47 bits per heavy atom.